The van der Waals surface area contributed by atoms with Crippen LogP contribution >= 0.6 is 0 Å². The summed E-state index contributed by atoms with van der Waals surface area (Å²) >= 11 is 0. The van der Waals surface area contributed by atoms with E-state index in [1.165, 1.54) is 30.5 Å². The number of aryl methyl sites for hydroxylation is 2. The molecule has 0 aliphatic carbocycles. The number of aromatic carboxylic acids is 1. The van der Waals surface area contributed by atoms with E-state index < -0.39 is 38.4 Å². The van der Waals surface area contributed by atoms with E-state index in [9.17, 15) is 49.9 Å². The SMILES string of the molecule is CC[NH+](CC)c1ccc2c(-c3ccccc3C(=O)O)c3ccc([NH+](CC)CC)cc3[o+]c2c1.Cc1[nH]n(-c2ccccc2)c(=O)c1N=Nc1cc([N+](=O)[O-])ccc1[O-].Cc1[nH]n(-c2ccccc2)c(=O)c1N=Nc1cc([N+](=O)[O-])ccc1[O-].[Cr]. The summed E-state index contributed by atoms with van der Waals surface area (Å²) in [6, 6.07) is 43.9. The number of hydrogen-bond acceptors (Lipinski definition) is 13. The number of hydrogen-bond donors (Lipinski definition) is 5. The van der Waals surface area contributed by atoms with Gasteiger partial charge in [0.2, 0.25) is 0 Å². The molecule has 5 N–H and O–H groups in total. The van der Waals surface area contributed by atoms with Crippen LogP contribution in [0.1, 0.15) is 49.4 Å². The van der Waals surface area contributed by atoms with Crippen molar-refractivity contribution in [2.24, 2.45) is 20.5 Å². The van der Waals surface area contributed by atoms with E-state index in [-0.39, 0.29) is 51.5 Å². The van der Waals surface area contributed by atoms with Crippen LogP contribution in [0.5, 0.6) is 11.5 Å². The van der Waals surface area contributed by atoms with Crippen molar-refractivity contribution in [1.29, 1.82) is 0 Å². The molecule has 0 amide bonds. The summed E-state index contributed by atoms with van der Waals surface area (Å²) in [6.07, 6.45) is 0. The van der Waals surface area contributed by atoms with Gasteiger partial charge >= 0.3 is 17.1 Å². The van der Waals surface area contributed by atoms with Crippen molar-refractivity contribution in [2.45, 2.75) is 41.5 Å². The first kappa shape index (κ1) is 61.4. The van der Waals surface area contributed by atoms with Gasteiger partial charge in [-0.05, 0) is 89.6 Å². The second-order valence-electron chi connectivity index (χ2n) is 18.7. The summed E-state index contributed by atoms with van der Waals surface area (Å²) in [5.74, 6) is -1.97. The molecule has 0 fully saturated rings. The molecule has 0 aliphatic rings. The van der Waals surface area contributed by atoms with Gasteiger partial charge in [0.25, 0.3) is 22.5 Å². The molecule has 0 radical (unpaired) electrons. The molecule has 24 heteroatoms. The smallest absolute Gasteiger partial charge is 0.367 e. The summed E-state index contributed by atoms with van der Waals surface area (Å²) in [7, 11) is 0. The third-order valence-corrected chi connectivity index (χ3v) is 13.6. The maximum atomic E-state index is 12.5. The zero-order valence-corrected chi connectivity index (χ0v) is 47.6. The predicted molar refractivity (Wildman–Crippen MR) is 310 cm³/mol. The Morgan fingerprint density at radius 3 is 1.33 bits per heavy atom. The van der Waals surface area contributed by atoms with Gasteiger partial charge in [-0.15, -0.1) is 10.2 Å². The van der Waals surface area contributed by atoms with Gasteiger partial charge in [0, 0.05) is 59.3 Å². The molecular weight excluding hydrogens is 1120 g/mol. The van der Waals surface area contributed by atoms with Gasteiger partial charge < -0.3 is 25.1 Å². The maximum absolute atomic E-state index is 12.5. The van der Waals surface area contributed by atoms with E-state index in [1.807, 2.05) is 24.3 Å². The molecule has 0 aliphatic heterocycles. The number of non-ortho nitro benzene ring substituents is 2. The van der Waals surface area contributed by atoms with Gasteiger partial charge in [-0.2, -0.15) is 10.2 Å². The number of nitrogens with one attached hydrogen (secondary N) is 4. The first-order valence-electron chi connectivity index (χ1n) is 26.3. The summed E-state index contributed by atoms with van der Waals surface area (Å²) in [5, 5.41) is 77.6. The quantitative estimate of drug-likeness (QED) is 0.0199. The summed E-state index contributed by atoms with van der Waals surface area (Å²) in [6.45, 7) is 15.9. The van der Waals surface area contributed by atoms with Crippen LogP contribution < -0.4 is 31.1 Å². The standard InChI is InChI=1S/C28H30N2O3.2C16H13N5O4.Cr/c1-5-29(6-2)19-13-15-23-25(17-19)33-26-18-20(30(7-3)8-4)14-16-24(26)27(23)21-11-9-10-12-22(21)28(31)32;2*1-10-15(16(23)20(19-10)11-5-3-2-4-6-11)18-17-13-9-12(21(24)25)7-8-14(13)22;/h9-18H,5-8H2,1-4H3;2*2-9,19,22H,1H3;/p+1. The number of carboxylic acid groups (broad SMARTS) is 1. The Bertz CT molecular complexity index is 3970. The van der Waals surface area contributed by atoms with Crippen molar-refractivity contribution < 1.29 is 61.5 Å². The van der Waals surface area contributed by atoms with Crippen LogP contribution in [0.4, 0.5) is 45.5 Å². The Morgan fingerprint density at radius 1 is 0.560 bits per heavy atom. The number of aromatic amines is 2. The fourth-order valence-electron chi connectivity index (χ4n) is 9.26. The van der Waals surface area contributed by atoms with Crippen molar-refractivity contribution in [1.82, 2.24) is 19.6 Å². The molecule has 0 spiro atoms. The predicted octanol–water partition coefficient (Wildman–Crippen LogP) is 10.1. The second-order valence-corrected chi connectivity index (χ2v) is 18.7. The molecular formula is C60H57CrN12O11+. The molecule has 0 bridgehead atoms. The number of para-hydroxylation sites is 2. The number of carboxylic acids is 1. The molecule has 0 atom stereocenters. The van der Waals surface area contributed by atoms with E-state index in [0.717, 1.165) is 90.1 Å². The maximum Gasteiger partial charge on any atom is 0.367 e. The van der Waals surface area contributed by atoms with E-state index in [2.05, 4.69) is 94.7 Å². The van der Waals surface area contributed by atoms with Crippen molar-refractivity contribution >= 4 is 73.4 Å². The van der Waals surface area contributed by atoms with Gasteiger partial charge in [0.05, 0.1) is 86.5 Å². The normalized spacial score (nSPS) is 11.2. The topological polar surface area (TPSA) is 315 Å². The van der Waals surface area contributed by atoms with Crippen LogP contribution in [0.3, 0.4) is 0 Å². The number of aromatic nitrogens is 4. The number of H-pyrrole nitrogens is 2. The number of fused-ring (bicyclic) bond motifs is 2. The van der Waals surface area contributed by atoms with Crippen LogP contribution in [0.2, 0.25) is 0 Å². The van der Waals surface area contributed by atoms with Crippen LogP contribution in [-0.2, 0) is 17.4 Å². The third kappa shape index (κ3) is 13.6. The largest absolute Gasteiger partial charge is 0.871 e. The van der Waals surface area contributed by atoms with Crippen molar-refractivity contribution in [3.8, 4) is 34.0 Å². The average molecular weight is 1170 g/mol. The molecule has 3 aromatic heterocycles. The van der Waals surface area contributed by atoms with Crippen LogP contribution in [-0.4, -0.2) is 66.7 Å². The van der Waals surface area contributed by atoms with Crippen LogP contribution in [0.25, 0.3) is 44.4 Å². The molecule has 84 heavy (non-hydrogen) atoms. The van der Waals surface area contributed by atoms with Crippen molar-refractivity contribution in [2.75, 3.05) is 26.2 Å². The number of quaternary nitrogens is 2. The molecule has 0 saturated carbocycles. The number of azo groups is 2. The van der Waals surface area contributed by atoms with Crippen LogP contribution in [0, 0.1) is 34.1 Å². The van der Waals surface area contributed by atoms with Gasteiger partial charge in [0.15, 0.2) is 11.4 Å². The molecule has 0 unspecified atom stereocenters. The Balaban J connectivity index is 0.000000182. The average Bonchev–Trinajstić information content (AvgIpc) is 1.66. The Hall–Kier alpha value is -10.2. The number of nitrogens with zero attached hydrogens (tertiary/aromatic N) is 8. The zero-order chi connectivity index (χ0) is 59.5. The molecule has 428 valence electrons. The monoisotopic (exact) mass is 1170 g/mol. The van der Waals surface area contributed by atoms with E-state index in [4.69, 9.17) is 4.42 Å². The van der Waals surface area contributed by atoms with Crippen molar-refractivity contribution in [3.05, 3.63) is 216 Å². The number of nitro groups is 2. The van der Waals surface area contributed by atoms with Gasteiger partial charge in [-0.3, -0.25) is 40.0 Å². The summed E-state index contributed by atoms with van der Waals surface area (Å²) in [4.78, 5) is 60.0. The number of nitro benzene ring substituents is 2. The Kier molecular flexibility index (Phi) is 20.1. The first-order valence-corrected chi connectivity index (χ1v) is 26.3. The fraction of sp³-hybridized carbons (Fsp3) is 0.167. The molecule has 10 aromatic rings. The minimum Gasteiger partial charge on any atom is -0.871 e. The summed E-state index contributed by atoms with van der Waals surface area (Å²) in [5.41, 5.74) is 6.18. The van der Waals surface area contributed by atoms with Gasteiger partial charge in [-0.1, -0.05) is 78.2 Å². The van der Waals surface area contributed by atoms with E-state index in [1.54, 1.807) is 74.5 Å². The third-order valence-electron chi connectivity index (χ3n) is 13.6. The fourth-order valence-corrected chi connectivity index (χ4v) is 9.26. The van der Waals surface area contributed by atoms with Gasteiger partial charge in [-0.25, -0.2) is 18.6 Å². The van der Waals surface area contributed by atoms with E-state index in [0.29, 0.717) is 33.9 Å². The van der Waals surface area contributed by atoms with Crippen molar-refractivity contribution in [3.63, 3.8) is 0 Å². The van der Waals surface area contributed by atoms with E-state index >= 15 is 0 Å². The zero-order valence-electron chi connectivity index (χ0n) is 46.4. The molecule has 7 aromatic carbocycles. The molecule has 3 heterocycles. The van der Waals surface area contributed by atoms with Crippen LogP contribution in [0.15, 0.2) is 192 Å². The number of carbonyl (C=O) groups is 1. The molecule has 23 nitrogen and oxygen atoms in total. The minimum atomic E-state index is -0.930. The molecule has 10 rings (SSSR count). The Morgan fingerprint density at radius 2 is 0.952 bits per heavy atom. The first-order chi connectivity index (χ1) is 40.0. The number of rotatable bonds is 16. The Labute approximate surface area is 490 Å². The second kappa shape index (κ2) is 27.5. The minimum absolute atomic E-state index is 0. The van der Waals surface area contributed by atoms with Gasteiger partial charge in [0.1, 0.15) is 23.5 Å². The summed E-state index contributed by atoms with van der Waals surface area (Å²) < 4.78 is 9.10. The number of benzene rings is 7. The molecule has 0 saturated heterocycles.